The number of amides is 1. The van der Waals surface area contributed by atoms with Gasteiger partial charge in [0.2, 0.25) is 5.91 Å². The van der Waals surface area contributed by atoms with E-state index in [1.165, 1.54) is 71.3 Å². The SMILES string of the molecule is COc1ccc(S(=O)(=O)N(CC(=O)NCCSC2CCCC2)c2cc(Cl)ccc2OC)cc1OC. The maximum Gasteiger partial charge on any atom is 0.265 e. The van der Waals surface area contributed by atoms with Gasteiger partial charge in [-0.05, 0) is 43.2 Å². The summed E-state index contributed by atoms with van der Waals surface area (Å²) in [5, 5.41) is 3.79. The molecular formula is C24H31ClN2O6S2. The van der Waals surface area contributed by atoms with E-state index in [2.05, 4.69) is 5.32 Å². The highest BCUT2D eigenvalue weighted by Crippen LogP contribution is 2.37. The highest BCUT2D eigenvalue weighted by Gasteiger charge is 2.30. The van der Waals surface area contributed by atoms with Crippen LogP contribution in [0.4, 0.5) is 5.69 Å². The molecule has 1 fully saturated rings. The Labute approximate surface area is 216 Å². The minimum Gasteiger partial charge on any atom is -0.495 e. The monoisotopic (exact) mass is 542 g/mol. The Morgan fingerprint density at radius 3 is 2.34 bits per heavy atom. The first-order chi connectivity index (χ1) is 16.8. The van der Waals surface area contributed by atoms with Crippen molar-refractivity contribution in [1.82, 2.24) is 5.32 Å². The van der Waals surface area contributed by atoms with Crippen LogP contribution in [0.3, 0.4) is 0 Å². The van der Waals surface area contributed by atoms with E-state index in [-0.39, 0.29) is 22.1 Å². The Kier molecular flexibility index (Phi) is 9.82. The number of carbonyl (C=O) groups is 1. The van der Waals surface area contributed by atoms with Crippen LogP contribution in [0.2, 0.25) is 5.02 Å². The molecule has 0 bridgehead atoms. The molecule has 35 heavy (non-hydrogen) atoms. The van der Waals surface area contributed by atoms with Crippen LogP contribution in [0.1, 0.15) is 25.7 Å². The number of benzene rings is 2. The van der Waals surface area contributed by atoms with Crippen LogP contribution in [0, 0.1) is 0 Å². The highest BCUT2D eigenvalue weighted by molar-refractivity contribution is 7.99. The van der Waals surface area contributed by atoms with Gasteiger partial charge in [0.05, 0.1) is 31.9 Å². The van der Waals surface area contributed by atoms with Gasteiger partial charge in [0, 0.05) is 28.6 Å². The Morgan fingerprint density at radius 2 is 1.69 bits per heavy atom. The zero-order chi connectivity index (χ0) is 25.4. The van der Waals surface area contributed by atoms with Crippen molar-refractivity contribution >= 4 is 45.0 Å². The van der Waals surface area contributed by atoms with Crippen molar-refractivity contribution in [3.8, 4) is 17.2 Å². The normalized spacial score (nSPS) is 13.9. The van der Waals surface area contributed by atoms with Crippen LogP contribution in [0.25, 0.3) is 0 Å². The van der Waals surface area contributed by atoms with Gasteiger partial charge in [0.1, 0.15) is 12.3 Å². The van der Waals surface area contributed by atoms with E-state index in [4.69, 9.17) is 25.8 Å². The number of methoxy groups -OCH3 is 3. The molecule has 0 aromatic heterocycles. The first-order valence-electron chi connectivity index (χ1n) is 11.3. The number of rotatable bonds is 12. The van der Waals surface area contributed by atoms with Crippen molar-refractivity contribution in [2.45, 2.75) is 35.8 Å². The summed E-state index contributed by atoms with van der Waals surface area (Å²) in [6.45, 7) is 0.0123. The number of hydrogen-bond donors (Lipinski definition) is 1. The molecule has 0 unspecified atom stereocenters. The maximum atomic E-state index is 13.8. The van der Waals surface area contributed by atoms with E-state index >= 15 is 0 Å². The first-order valence-corrected chi connectivity index (χ1v) is 14.1. The molecule has 0 heterocycles. The molecule has 1 N–H and O–H groups in total. The molecule has 0 saturated heterocycles. The molecule has 0 radical (unpaired) electrons. The van der Waals surface area contributed by atoms with Gasteiger partial charge in [-0.1, -0.05) is 24.4 Å². The number of halogens is 1. The molecule has 0 spiro atoms. The molecule has 1 saturated carbocycles. The lowest BCUT2D eigenvalue weighted by Crippen LogP contribution is -2.41. The lowest BCUT2D eigenvalue weighted by molar-refractivity contribution is -0.119. The van der Waals surface area contributed by atoms with Crippen molar-refractivity contribution in [2.24, 2.45) is 0 Å². The molecule has 1 aliphatic carbocycles. The van der Waals surface area contributed by atoms with Crippen LogP contribution >= 0.6 is 23.4 Å². The molecular weight excluding hydrogens is 512 g/mol. The van der Waals surface area contributed by atoms with Gasteiger partial charge in [0.15, 0.2) is 11.5 Å². The fraction of sp³-hybridized carbons (Fsp3) is 0.458. The molecule has 0 atom stereocenters. The molecule has 3 rings (SSSR count). The topological polar surface area (TPSA) is 94.2 Å². The Hall–Kier alpha value is -2.30. The second-order valence-electron chi connectivity index (χ2n) is 7.97. The summed E-state index contributed by atoms with van der Waals surface area (Å²) in [4.78, 5) is 12.8. The molecule has 1 amide bonds. The van der Waals surface area contributed by atoms with Gasteiger partial charge in [0.25, 0.3) is 10.0 Å². The summed E-state index contributed by atoms with van der Waals surface area (Å²) in [5.41, 5.74) is 0.158. The lowest BCUT2D eigenvalue weighted by Gasteiger charge is -2.26. The number of sulfonamides is 1. The quantitative estimate of drug-likeness (QED) is 0.398. The van der Waals surface area contributed by atoms with Crippen molar-refractivity contribution in [3.63, 3.8) is 0 Å². The zero-order valence-corrected chi connectivity index (χ0v) is 22.5. The summed E-state index contributed by atoms with van der Waals surface area (Å²) >= 11 is 8.03. The van der Waals surface area contributed by atoms with Gasteiger partial charge in [-0.2, -0.15) is 11.8 Å². The molecule has 2 aromatic carbocycles. The predicted octanol–water partition coefficient (Wildman–Crippen LogP) is 4.35. The lowest BCUT2D eigenvalue weighted by atomic mass is 10.3. The van der Waals surface area contributed by atoms with E-state index in [9.17, 15) is 13.2 Å². The molecule has 192 valence electrons. The summed E-state index contributed by atoms with van der Waals surface area (Å²) in [6, 6.07) is 8.86. The number of ether oxygens (including phenoxy) is 3. The van der Waals surface area contributed by atoms with E-state index in [1.807, 2.05) is 11.8 Å². The van der Waals surface area contributed by atoms with Crippen LogP contribution in [-0.4, -0.2) is 59.7 Å². The van der Waals surface area contributed by atoms with E-state index in [0.717, 1.165) is 10.1 Å². The van der Waals surface area contributed by atoms with Crippen molar-refractivity contribution in [3.05, 3.63) is 41.4 Å². The fourth-order valence-electron chi connectivity index (χ4n) is 3.92. The predicted molar refractivity (Wildman–Crippen MR) is 140 cm³/mol. The van der Waals surface area contributed by atoms with Crippen LogP contribution in [-0.2, 0) is 14.8 Å². The maximum absolute atomic E-state index is 13.8. The van der Waals surface area contributed by atoms with Gasteiger partial charge < -0.3 is 19.5 Å². The smallest absolute Gasteiger partial charge is 0.265 e. The summed E-state index contributed by atoms with van der Waals surface area (Å²) < 4.78 is 44.4. The third-order valence-electron chi connectivity index (χ3n) is 5.72. The number of carbonyl (C=O) groups excluding carboxylic acids is 1. The van der Waals surface area contributed by atoms with Crippen LogP contribution in [0.15, 0.2) is 41.3 Å². The Morgan fingerprint density at radius 1 is 1.03 bits per heavy atom. The molecule has 0 aliphatic heterocycles. The van der Waals surface area contributed by atoms with Crippen molar-refractivity contribution < 1.29 is 27.4 Å². The highest BCUT2D eigenvalue weighted by atomic mass is 35.5. The third-order valence-corrected chi connectivity index (χ3v) is 9.09. The van der Waals surface area contributed by atoms with Gasteiger partial charge in [-0.3, -0.25) is 9.10 Å². The average Bonchev–Trinajstić information content (AvgIpc) is 3.38. The molecule has 11 heteroatoms. The number of anilines is 1. The fourth-order valence-corrected chi connectivity index (χ4v) is 6.74. The number of thioether (sulfide) groups is 1. The second kappa shape index (κ2) is 12.6. The van der Waals surface area contributed by atoms with E-state index in [0.29, 0.717) is 22.6 Å². The first kappa shape index (κ1) is 27.3. The minimum absolute atomic E-state index is 0.0678. The number of nitrogens with one attached hydrogen (secondary N) is 1. The van der Waals surface area contributed by atoms with Crippen molar-refractivity contribution in [1.29, 1.82) is 0 Å². The minimum atomic E-state index is -4.21. The molecule has 1 aliphatic rings. The second-order valence-corrected chi connectivity index (χ2v) is 11.7. The van der Waals surface area contributed by atoms with Crippen LogP contribution in [0.5, 0.6) is 17.2 Å². The standard InChI is InChI=1S/C24H31ClN2O6S2/c1-31-21-10-8-17(25)14-20(21)27(16-24(28)26-12-13-34-18-6-4-5-7-18)35(29,30)19-9-11-22(32-2)23(15-19)33-3/h8-11,14-15,18H,4-7,12-13,16H2,1-3H3,(H,26,28). The van der Waals surface area contributed by atoms with E-state index in [1.54, 1.807) is 12.1 Å². The van der Waals surface area contributed by atoms with Gasteiger partial charge in [-0.15, -0.1) is 0 Å². The van der Waals surface area contributed by atoms with E-state index < -0.39 is 22.5 Å². The van der Waals surface area contributed by atoms with Gasteiger partial charge in [-0.25, -0.2) is 8.42 Å². The summed E-state index contributed by atoms with van der Waals surface area (Å²) in [7, 11) is 0.101. The average molecular weight is 543 g/mol. The Bertz CT molecular complexity index is 1120. The summed E-state index contributed by atoms with van der Waals surface area (Å²) in [5.74, 6) is 1.25. The van der Waals surface area contributed by atoms with Crippen LogP contribution < -0.4 is 23.8 Å². The number of hydrogen-bond acceptors (Lipinski definition) is 7. The largest absolute Gasteiger partial charge is 0.495 e. The zero-order valence-electron chi connectivity index (χ0n) is 20.1. The molecule has 2 aromatic rings. The third kappa shape index (κ3) is 6.89. The molecule has 8 nitrogen and oxygen atoms in total. The van der Waals surface area contributed by atoms with Gasteiger partial charge >= 0.3 is 0 Å². The summed E-state index contributed by atoms with van der Waals surface area (Å²) in [6.07, 6.45) is 4.94. The Balaban J connectivity index is 1.87. The number of nitrogens with zero attached hydrogens (tertiary/aromatic N) is 1. The van der Waals surface area contributed by atoms with Crippen molar-refractivity contribution in [2.75, 3.05) is 44.5 Å².